The summed E-state index contributed by atoms with van der Waals surface area (Å²) < 4.78 is 0. The Morgan fingerprint density at radius 3 is 1.25 bits per heavy atom. The standard InChI is InChI=1S/2C7H10O/c2*1-5-3-7(8)4-6(5)2/h2*3,6H,4H2,1-2H3. The zero-order chi connectivity index (χ0) is 12.3. The molecule has 0 aliphatic heterocycles. The van der Waals surface area contributed by atoms with Crippen molar-refractivity contribution in [3.05, 3.63) is 23.3 Å². The molecule has 2 aliphatic carbocycles. The Kier molecular flexibility index (Phi) is 4.22. The van der Waals surface area contributed by atoms with Gasteiger partial charge in [0.25, 0.3) is 0 Å². The molecule has 16 heavy (non-hydrogen) atoms. The van der Waals surface area contributed by atoms with Crippen molar-refractivity contribution in [2.75, 3.05) is 0 Å². The minimum Gasteiger partial charge on any atom is -0.295 e. The van der Waals surface area contributed by atoms with Crippen LogP contribution in [0.1, 0.15) is 40.5 Å². The second-order valence-electron chi connectivity index (χ2n) is 4.92. The van der Waals surface area contributed by atoms with Gasteiger partial charge in [0, 0.05) is 12.8 Å². The van der Waals surface area contributed by atoms with E-state index in [2.05, 4.69) is 13.8 Å². The molecule has 0 radical (unpaired) electrons. The quantitative estimate of drug-likeness (QED) is 0.628. The summed E-state index contributed by atoms with van der Waals surface area (Å²) in [6, 6.07) is 0. The summed E-state index contributed by atoms with van der Waals surface area (Å²) in [7, 11) is 0. The summed E-state index contributed by atoms with van der Waals surface area (Å²) in [6.07, 6.45) is 4.94. The average Bonchev–Trinajstić information content (AvgIpc) is 2.58. The lowest BCUT2D eigenvalue weighted by atomic mass is 10.1. The zero-order valence-electron chi connectivity index (χ0n) is 10.5. The summed E-state index contributed by atoms with van der Waals surface area (Å²) in [4.78, 5) is 21.2. The monoisotopic (exact) mass is 220 g/mol. The van der Waals surface area contributed by atoms with Gasteiger partial charge in [-0.05, 0) is 37.8 Å². The van der Waals surface area contributed by atoms with Crippen LogP contribution in [0, 0.1) is 11.8 Å². The molecule has 0 amide bonds. The predicted molar refractivity (Wildman–Crippen MR) is 65.1 cm³/mol. The van der Waals surface area contributed by atoms with Crippen molar-refractivity contribution >= 4 is 11.6 Å². The van der Waals surface area contributed by atoms with E-state index in [-0.39, 0.29) is 11.6 Å². The Bertz CT molecular complexity index is 325. The molecule has 0 spiro atoms. The number of rotatable bonds is 0. The Morgan fingerprint density at radius 1 is 0.875 bits per heavy atom. The third kappa shape index (κ3) is 3.44. The largest absolute Gasteiger partial charge is 0.295 e. The lowest BCUT2D eigenvalue weighted by Crippen LogP contribution is -1.91. The van der Waals surface area contributed by atoms with Crippen molar-refractivity contribution in [1.82, 2.24) is 0 Å². The Balaban J connectivity index is 0.000000160. The molecular weight excluding hydrogens is 200 g/mol. The van der Waals surface area contributed by atoms with E-state index < -0.39 is 0 Å². The van der Waals surface area contributed by atoms with Crippen molar-refractivity contribution in [3.8, 4) is 0 Å². The molecule has 2 atom stereocenters. The number of carbonyl (C=O) groups is 2. The molecule has 0 saturated carbocycles. The second kappa shape index (κ2) is 5.24. The average molecular weight is 220 g/mol. The van der Waals surface area contributed by atoms with Crippen molar-refractivity contribution in [2.24, 2.45) is 11.8 Å². The summed E-state index contributed by atoms with van der Waals surface area (Å²) in [6.45, 7) is 8.18. The lowest BCUT2D eigenvalue weighted by molar-refractivity contribution is -0.115. The van der Waals surface area contributed by atoms with Crippen LogP contribution in [0.3, 0.4) is 0 Å². The highest BCUT2D eigenvalue weighted by atomic mass is 16.1. The molecule has 2 rings (SSSR count). The summed E-state index contributed by atoms with van der Waals surface area (Å²) >= 11 is 0. The molecule has 88 valence electrons. The van der Waals surface area contributed by atoms with Gasteiger partial charge in [-0.2, -0.15) is 0 Å². The zero-order valence-corrected chi connectivity index (χ0v) is 10.5. The SMILES string of the molecule is CC1=CC(=O)CC1C.CC1=CC(=O)CC1C. The summed E-state index contributed by atoms with van der Waals surface area (Å²) in [5.41, 5.74) is 2.46. The molecule has 2 nitrogen and oxygen atoms in total. The van der Waals surface area contributed by atoms with Gasteiger partial charge in [-0.1, -0.05) is 25.0 Å². The highest BCUT2D eigenvalue weighted by Crippen LogP contribution is 2.21. The minimum atomic E-state index is 0.287. The molecule has 2 aliphatic rings. The molecule has 0 fully saturated rings. The second-order valence-corrected chi connectivity index (χ2v) is 4.92. The predicted octanol–water partition coefficient (Wildman–Crippen LogP) is 3.08. The van der Waals surface area contributed by atoms with Crippen molar-refractivity contribution in [1.29, 1.82) is 0 Å². The van der Waals surface area contributed by atoms with Gasteiger partial charge in [-0.3, -0.25) is 9.59 Å². The van der Waals surface area contributed by atoms with Gasteiger partial charge >= 0.3 is 0 Å². The molecule has 0 heterocycles. The first kappa shape index (κ1) is 12.9. The van der Waals surface area contributed by atoms with E-state index in [4.69, 9.17) is 0 Å². The van der Waals surface area contributed by atoms with Crippen LogP contribution < -0.4 is 0 Å². The van der Waals surface area contributed by atoms with Crippen LogP contribution >= 0.6 is 0 Å². The maximum absolute atomic E-state index is 10.6. The fraction of sp³-hybridized carbons (Fsp3) is 0.571. The Hall–Kier alpha value is -1.18. The van der Waals surface area contributed by atoms with E-state index in [1.165, 1.54) is 11.1 Å². The topological polar surface area (TPSA) is 34.1 Å². The van der Waals surface area contributed by atoms with E-state index >= 15 is 0 Å². The highest BCUT2D eigenvalue weighted by molar-refractivity contribution is 5.93. The van der Waals surface area contributed by atoms with Gasteiger partial charge in [0.05, 0.1) is 0 Å². The minimum absolute atomic E-state index is 0.287. The van der Waals surface area contributed by atoms with E-state index in [0.717, 1.165) is 12.8 Å². The molecule has 0 aromatic heterocycles. The number of hydrogen-bond donors (Lipinski definition) is 0. The molecule has 0 bridgehead atoms. The first-order valence-corrected chi connectivity index (χ1v) is 5.82. The number of carbonyl (C=O) groups excluding carboxylic acids is 2. The maximum atomic E-state index is 10.6. The van der Waals surface area contributed by atoms with Gasteiger partial charge in [0.15, 0.2) is 11.6 Å². The van der Waals surface area contributed by atoms with E-state index in [0.29, 0.717) is 11.8 Å². The van der Waals surface area contributed by atoms with Gasteiger partial charge < -0.3 is 0 Å². The van der Waals surface area contributed by atoms with E-state index in [1.54, 1.807) is 12.2 Å². The smallest absolute Gasteiger partial charge is 0.156 e. The molecule has 2 unspecified atom stereocenters. The number of hydrogen-bond acceptors (Lipinski definition) is 2. The van der Waals surface area contributed by atoms with Crippen LogP contribution in [0.4, 0.5) is 0 Å². The van der Waals surface area contributed by atoms with Crippen molar-refractivity contribution < 1.29 is 9.59 Å². The highest BCUT2D eigenvalue weighted by Gasteiger charge is 2.16. The molecule has 0 N–H and O–H groups in total. The molecule has 0 saturated heterocycles. The van der Waals surface area contributed by atoms with Crippen LogP contribution in [0.2, 0.25) is 0 Å². The van der Waals surface area contributed by atoms with E-state index in [1.807, 2.05) is 13.8 Å². The van der Waals surface area contributed by atoms with Gasteiger partial charge in [-0.15, -0.1) is 0 Å². The van der Waals surface area contributed by atoms with Crippen molar-refractivity contribution in [3.63, 3.8) is 0 Å². The van der Waals surface area contributed by atoms with Crippen LogP contribution in [0.25, 0.3) is 0 Å². The molecule has 0 aromatic rings. The number of ketones is 2. The fourth-order valence-electron chi connectivity index (χ4n) is 1.84. The van der Waals surface area contributed by atoms with E-state index in [9.17, 15) is 9.59 Å². The van der Waals surface area contributed by atoms with Crippen LogP contribution in [-0.2, 0) is 9.59 Å². The molecule has 0 aromatic carbocycles. The molecular formula is C14H20O2. The van der Waals surface area contributed by atoms with Crippen LogP contribution in [-0.4, -0.2) is 11.6 Å². The Morgan fingerprint density at radius 2 is 1.19 bits per heavy atom. The Labute approximate surface area is 97.4 Å². The van der Waals surface area contributed by atoms with Crippen molar-refractivity contribution in [2.45, 2.75) is 40.5 Å². The maximum Gasteiger partial charge on any atom is 0.156 e. The van der Waals surface area contributed by atoms with Crippen LogP contribution in [0.5, 0.6) is 0 Å². The van der Waals surface area contributed by atoms with Gasteiger partial charge in [-0.25, -0.2) is 0 Å². The normalized spacial score (nSPS) is 28.5. The van der Waals surface area contributed by atoms with Gasteiger partial charge in [0.1, 0.15) is 0 Å². The first-order valence-electron chi connectivity index (χ1n) is 5.82. The van der Waals surface area contributed by atoms with Crippen LogP contribution in [0.15, 0.2) is 23.3 Å². The summed E-state index contributed by atoms with van der Waals surface area (Å²) in [5.74, 6) is 1.58. The first-order chi connectivity index (χ1) is 7.40. The summed E-state index contributed by atoms with van der Waals surface area (Å²) in [5, 5.41) is 0. The third-order valence-corrected chi connectivity index (χ3v) is 3.35. The fourth-order valence-corrected chi connectivity index (χ4v) is 1.84. The molecule has 2 heteroatoms. The third-order valence-electron chi connectivity index (χ3n) is 3.35. The number of allylic oxidation sites excluding steroid dienone is 4. The lowest BCUT2D eigenvalue weighted by Gasteiger charge is -1.97. The van der Waals surface area contributed by atoms with Gasteiger partial charge in [0.2, 0.25) is 0 Å².